The first-order valence-corrected chi connectivity index (χ1v) is 7.40. The zero-order valence-corrected chi connectivity index (χ0v) is 13.7. The van der Waals surface area contributed by atoms with Gasteiger partial charge >= 0.3 is 0 Å². The summed E-state index contributed by atoms with van der Waals surface area (Å²) < 4.78 is 1.67. The van der Waals surface area contributed by atoms with Crippen LogP contribution in [0.4, 0.5) is 0 Å². The quantitative estimate of drug-likeness (QED) is 0.913. The van der Waals surface area contributed by atoms with Crippen LogP contribution in [0.2, 0.25) is 5.02 Å². The SMILES string of the molecule is Cc1nn(C)c(CN2C(=O)C(C)NC(=O)C2C(C)C)c1Cl. The second kappa shape index (κ2) is 5.67. The standard InChI is InChI=1S/C14H21ClN4O2/c1-7(2)12-13(20)16-9(4)14(21)19(12)6-10-11(15)8(3)17-18(10)5/h7,9,12H,6H2,1-5H3,(H,16,20). The number of amides is 2. The van der Waals surface area contributed by atoms with E-state index in [0.29, 0.717) is 5.02 Å². The van der Waals surface area contributed by atoms with Crippen molar-refractivity contribution in [2.24, 2.45) is 13.0 Å². The Bertz CT molecular complexity index is 582. The Kier molecular flexibility index (Phi) is 4.27. The third-order valence-electron chi connectivity index (χ3n) is 3.83. The van der Waals surface area contributed by atoms with Crippen LogP contribution in [0.25, 0.3) is 0 Å². The Morgan fingerprint density at radius 3 is 2.48 bits per heavy atom. The highest BCUT2D eigenvalue weighted by Crippen LogP contribution is 2.25. The van der Waals surface area contributed by atoms with Crippen LogP contribution in [-0.4, -0.2) is 38.6 Å². The Labute approximate surface area is 129 Å². The van der Waals surface area contributed by atoms with Crippen molar-refractivity contribution in [1.82, 2.24) is 20.0 Å². The number of nitrogens with zero attached hydrogens (tertiary/aromatic N) is 3. The van der Waals surface area contributed by atoms with Gasteiger partial charge in [-0.2, -0.15) is 5.10 Å². The van der Waals surface area contributed by atoms with Crippen LogP contribution in [0.3, 0.4) is 0 Å². The molecule has 1 aromatic heterocycles. The topological polar surface area (TPSA) is 67.2 Å². The molecule has 0 spiro atoms. The van der Waals surface area contributed by atoms with Gasteiger partial charge in [-0.1, -0.05) is 25.4 Å². The van der Waals surface area contributed by atoms with Gasteiger partial charge in [-0.25, -0.2) is 0 Å². The number of nitrogens with one attached hydrogen (secondary N) is 1. The average molecular weight is 313 g/mol. The third kappa shape index (κ3) is 2.77. The minimum Gasteiger partial charge on any atom is -0.343 e. The van der Waals surface area contributed by atoms with E-state index in [4.69, 9.17) is 11.6 Å². The minimum absolute atomic E-state index is 0.0227. The molecule has 2 heterocycles. The fourth-order valence-corrected chi connectivity index (χ4v) is 2.96. The number of aromatic nitrogens is 2. The summed E-state index contributed by atoms with van der Waals surface area (Å²) in [7, 11) is 1.79. The number of piperazine rings is 1. The molecule has 0 bridgehead atoms. The Morgan fingerprint density at radius 2 is 2.00 bits per heavy atom. The molecule has 1 saturated heterocycles. The van der Waals surface area contributed by atoms with E-state index in [0.717, 1.165) is 11.4 Å². The smallest absolute Gasteiger partial charge is 0.245 e. The fourth-order valence-electron chi connectivity index (χ4n) is 2.74. The van der Waals surface area contributed by atoms with Crippen molar-refractivity contribution in [3.05, 3.63) is 16.4 Å². The zero-order valence-electron chi connectivity index (χ0n) is 13.0. The van der Waals surface area contributed by atoms with E-state index in [1.807, 2.05) is 20.8 Å². The van der Waals surface area contributed by atoms with Crippen molar-refractivity contribution < 1.29 is 9.59 Å². The highest BCUT2D eigenvalue weighted by Gasteiger charge is 2.40. The second-order valence-corrected chi connectivity index (χ2v) is 6.23. The van der Waals surface area contributed by atoms with Crippen LogP contribution in [-0.2, 0) is 23.2 Å². The van der Waals surface area contributed by atoms with Gasteiger partial charge in [0.15, 0.2) is 0 Å². The Hall–Kier alpha value is -1.56. The molecule has 2 amide bonds. The molecule has 2 atom stereocenters. The van der Waals surface area contributed by atoms with E-state index in [-0.39, 0.29) is 24.3 Å². The van der Waals surface area contributed by atoms with Crippen LogP contribution >= 0.6 is 11.6 Å². The number of hydrogen-bond donors (Lipinski definition) is 1. The molecule has 0 aromatic carbocycles. The highest BCUT2D eigenvalue weighted by molar-refractivity contribution is 6.31. The molecule has 2 unspecified atom stereocenters. The number of rotatable bonds is 3. The summed E-state index contributed by atoms with van der Waals surface area (Å²) in [6.45, 7) is 7.65. The van der Waals surface area contributed by atoms with E-state index in [1.54, 1.807) is 23.6 Å². The van der Waals surface area contributed by atoms with Gasteiger partial charge in [-0.05, 0) is 19.8 Å². The van der Waals surface area contributed by atoms with Crippen LogP contribution in [0.1, 0.15) is 32.2 Å². The summed E-state index contributed by atoms with van der Waals surface area (Å²) >= 11 is 6.26. The summed E-state index contributed by atoms with van der Waals surface area (Å²) in [5.74, 6) is -0.190. The minimum atomic E-state index is -0.513. The zero-order chi connectivity index (χ0) is 15.9. The van der Waals surface area contributed by atoms with Crippen molar-refractivity contribution in [1.29, 1.82) is 0 Å². The normalized spacial score (nSPS) is 22.9. The van der Waals surface area contributed by atoms with E-state index in [9.17, 15) is 9.59 Å². The molecule has 1 fully saturated rings. The maximum atomic E-state index is 12.5. The molecule has 21 heavy (non-hydrogen) atoms. The highest BCUT2D eigenvalue weighted by atomic mass is 35.5. The lowest BCUT2D eigenvalue weighted by molar-refractivity contribution is -0.151. The van der Waals surface area contributed by atoms with Crippen molar-refractivity contribution in [2.75, 3.05) is 0 Å². The first kappa shape index (κ1) is 15.8. The molecule has 1 aliphatic rings. The number of hydrogen-bond acceptors (Lipinski definition) is 3. The van der Waals surface area contributed by atoms with Gasteiger partial charge in [-0.3, -0.25) is 14.3 Å². The van der Waals surface area contributed by atoms with Gasteiger partial charge in [0, 0.05) is 7.05 Å². The summed E-state index contributed by atoms with van der Waals surface area (Å²) in [4.78, 5) is 26.3. The Balaban J connectivity index is 2.37. The van der Waals surface area contributed by atoms with Gasteiger partial charge in [0.2, 0.25) is 11.8 Å². The molecule has 0 aliphatic carbocycles. The average Bonchev–Trinajstić information content (AvgIpc) is 2.61. The Morgan fingerprint density at radius 1 is 1.38 bits per heavy atom. The molecule has 0 saturated carbocycles. The molecular weight excluding hydrogens is 292 g/mol. The number of halogens is 1. The van der Waals surface area contributed by atoms with Crippen LogP contribution in [0.15, 0.2) is 0 Å². The van der Waals surface area contributed by atoms with Crippen molar-refractivity contribution in [3.63, 3.8) is 0 Å². The fraction of sp³-hybridized carbons (Fsp3) is 0.643. The van der Waals surface area contributed by atoms with Gasteiger partial charge in [0.05, 0.1) is 23.0 Å². The molecule has 6 nitrogen and oxygen atoms in total. The first-order chi connectivity index (χ1) is 9.73. The summed E-state index contributed by atoms with van der Waals surface area (Å²) in [6.07, 6.45) is 0. The molecular formula is C14H21ClN4O2. The lowest BCUT2D eigenvalue weighted by Gasteiger charge is -2.39. The van der Waals surface area contributed by atoms with E-state index >= 15 is 0 Å². The van der Waals surface area contributed by atoms with Crippen molar-refractivity contribution in [3.8, 4) is 0 Å². The van der Waals surface area contributed by atoms with Gasteiger partial charge < -0.3 is 10.2 Å². The van der Waals surface area contributed by atoms with E-state index < -0.39 is 12.1 Å². The first-order valence-electron chi connectivity index (χ1n) is 7.02. The largest absolute Gasteiger partial charge is 0.343 e. The maximum absolute atomic E-state index is 12.5. The third-order valence-corrected chi connectivity index (χ3v) is 4.32. The van der Waals surface area contributed by atoms with Gasteiger partial charge in [0.1, 0.15) is 12.1 Å². The lowest BCUT2D eigenvalue weighted by atomic mass is 9.97. The molecule has 0 radical (unpaired) electrons. The second-order valence-electron chi connectivity index (χ2n) is 5.85. The van der Waals surface area contributed by atoms with E-state index in [2.05, 4.69) is 10.4 Å². The number of carbonyl (C=O) groups excluding carboxylic acids is 2. The van der Waals surface area contributed by atoms with Crippen LogP contribution < -0.4 is 5.32 Å². The lowest BCUT2D eigenvalue weighted by Crippen LogP contribution is -2.63. The van der Waals surface area contributed by atoms with Gasteiger partial charge in [0.25, 0.3) is 0 Å². The van der Waals surface area contributed by atoms with Crippen LogP contribution in [0.5, 0.6) is 0 Å². The summed E-state index contributed by atoms with van der Waals surface area (Å²) in [6, 6.07) is -0.999. The molecule has 7 heteroatoms. The molecule has 2 rings (SSSR count). The molecule has 1 aromatic rings. The number of aryl methyl sites for hydroxylation is 2. The monoisotopic (exact) mass is 312 g/mol. The maximum Gasteiger partial charge on any atom is 0.245 e. The summed E-state index contributed by atoms with van der Waals surface area (Å²) in [5.41, 5.74) is 1.47. The molecule has 1 N–H and O–H groups in total. The van der Waals surface area contributed by atoms with Gasteiger partial charge in [-0.15, -0.1) is 0 Å². The van der Waals surface area contributed by atoms with Crippen molar-refractivity contribution >= 4 is 23.4 Å². The predicted molar refractivity (Wildman–Crippen MR) is 79.7 cm³/mol. The molecule has 1 aliphatic heterocycles. The number of carbonyl (C=O) groups is 2. The summed E-state index contributed by atoms with van der Waals surface area (Å²) in [5, 5.41) is 7.53. The van der Waals surface area contributed by atoms with Crippen LogP contribution in [0, 0.1) is 12.8 Å². The predicted octanol–water partition coefficient (Wildman–Crippen LogP) is 1.25. The van der Waals surface area contributed by atoms with Crippen molar-refractivity contribution in [2.45, 2.75) is 46.3 Å². The van der Waals surface area contributed by atoms with E-state index in [1.165, 1.54) is 0 Å². The molecule has 116 valence electrons.